The van der Waals surface area contributed by atoms with Crippen LogP contribution in [0.1, 0.15) is 23.2 Å². The standard InChI is InChI=1S/C25H23FN2O3/c26-19-10-11-22-23(15-19)31-14-13-28(22)24(29)18-7-4-12-27(16-18)25(30)21-9-3-6-17-5-1-2-8-20(17)21/h1-3,5-6,8-11,15,18H,4,7,12-14,16H2. The largest absolute Gasteiger partial charge is 0.489 e. The molecule has 0 bridgehead atoms. The Balaban J connectivity index is 1.37. The minimum atomic E-state index is -0.391. The van der Waals surface area contributed by atoms with Crippen LogP contribution in [-0.4, -0.2) is 43.0 Å². The molecule has 0 aliphatic carbocycles. The Morgan fingerprint density at radius 3 is 2.74 bits per heavy atom. The minimum absolute atomic E-state index is 0.0356. The van der Waals surface area contributed by atoms with Gasteiger partial charge in [-0.05, 0) is 41.8 Å². The maximum absolute atomic E-state index is 13.6. The second-order valence-electron chi connectivity index (χ2n) is 8.07. The van der Waals surface area contributed by atoms with Crippen molar-refractivity contribution >= 4 is 28.3 Å². The number of benzene rings is 3. The molecule has 1 unspecified atom stereocenters. The number of hydrogen-bond acceptors (Lipinski definition) is 3. The molecule has 6 heteroatoms. The highest BCUT2D eigenvalue weighted by molar-refractivity contribution is 6.07. The topological polar surface area (TPSA) is 49.9 Å². The van der Waals surface area contributed by atoms with E-state index in [1.165, 1.54) is 12.1 Å². The molecule has 2 aliphatic rings. The van der Waals surface area contributed by atoms with E-state index in [1.54, 1.807) is 15.9 Å². The molecule has 1 atom stereocenters. The van der Waals surface area contributed by atoms with E-state index in [4.69, 9.17) is 4.74 Å². The maximum atomic E-state index is 13.6. The van der Waals surface area contributed by atoms with Crippen LogP contribution in [0, 0.1) is 11.7 Å². The van der Waals surface area contributed by atoms with Crippen molar-refractivity contribution in [3.05, 3.63) is 72.0 Å². The van der Waals surface area contributed by atoms with E-state index in [0.29, 0.717) is 43.2 Å². The first-order valence-electron chi connectivity index (χ1n) is 10.6. The van der Waals surface area contributed by atoms with Gasteiger partial charge >= 0.3 is 0 Å². The molecule has 0 N–H and O–H groups in total. The molecular weight excluding hydrogens is 395 g/mol. The summed E-state index contributed by atoms with van der Waals surface area (Å²) in [5, 5.41) is 1.95. The molecule has 0 saturated carbocycles. The van der Waals surface area contributed by atoms with Gasteiger partial charge in [0.1, 0.15) is 18.2 Å². The number of ether oxygens (including phenoxy) is 1. The summed E-state index contributed by atoms with van der Waals surface area (Å²) in [5.74, 6) is -0.370. The zero-order valence-corrected chi connectivity index (χ0v) is 17.1. The minimum Gasteiger partial charge on any atom is -0.489 e. The molecule has 0 spiro atoms. The summed E-state index contributed by atoms with van der Waals surface area (Å²) in [6.07, 6.45) is 1.50. The molecule has 2 heterocycles. The number of carbonyl (C=O) groups is 2. The Bertz CT molecular complexity index is 1160. The number of amides is 2. The summed E-state index contributed by atoms with van der Waals surface area (Å²) in [6, 6.07) is 17.8. The lowest BCUT2D eigenvalue weighted by Gasteiger charge is -2.37. The van der Waals surface area contributed by atoms with Gasteiger partial charge in [-0.25, -0.2) is 4.39 Å². The van der Waals surface area contributed by atoms with Crippen molar-refractivity contribution in [2.45, 2.75) is 12.8 Å². The van der Waals surface area contributed by atoms with E-state index in [9.17, 15) is 14.0 Å². The Morgan fingerprint density at radius 1 is 1.00 bits per heavy atom. The van der Waals surface area contributed by atoms with Crippen LogP contribution < -0.4 is 9.64 Å². The summed E-state index contributed by atoms with van der Waals surface area (Å²) in [4.78, 5) is 30.2. The van der Waals surface area contributed by atoms with E-state index < -0.39 is 5.82 Å². The number of fused-ring (bicyclic) bond motifs is 2. The van der Waals surface area contributed by atoms with Crippen LogP contribution in [0.2, 0.25) is 0 Å². The lowest BCUT2D eigenvalue weighted by Crippen LogP contribution is -2.48. The molecule has 2 aliphatic heterocycles. The number of halogens is 1. The lowest BCUT2D eigenvalue weighted by molar-refractivity contribution is -0.124. The maximum Gasteiger partial charge on any atom is 0.254 e. The highest BCUT2D eigenvalue weighted by Crippen LogP contribution is 2.34. The molecule has 5 nitrogen and oxygen atoms in total. The van der Waals surface area contributed by atoms with Crippen molar-refractivity contribution in [2.24, 2.45) is 5.92 Å². The third kappa shape index (κ3) is 3.63. The van der Waals surface area contributed by atoms with Crippen LogP contribution in [0.3, 0.4) is 0 Å². The van der Waals surface area contributed by atoms with E-state index >= 15 is 0 Å². The van der Waals surface area contributed by atoms with Crippen molar-refractivity contribution < 1.29 is 18.7 Å². The van der Waals surface area contributed by atoms with Crippen molar-refractivity contribution in [1.29, 1.82) is 0 Å². The van der Waals surface area contributed by atoms with Gasteiger partial charge < -0.3 is 14.5 Å². The van der Waals surface area contributed by atoms with Crippen LogP contribution >= 0.6 is 0 Å². The monoisotopic (exact) mass is 418 g/mol. The van der Waals surface area contributed by atoms with Crippen molar-refractivity contribution in [1.82, 2.24) is 4.90 Å². The van der Waals surface area contributed by atoms with E-state index in [0.717, 1.165) is 23.6 Å². The molecular formula is C25H23FN2O3. The van der Waals surface area contributed by atoms with E-state index in [1.807, 2.05) is 42.5 Å². The summed E-state index contributed by atoms with van der Waals surface area (Å²) < 4.78 is 19.1. The van der Waals surface area contributed by atoms with Crippen LogP contribution in [-0.2, 0) is 4.79 Å². The molecule has 0 radical (unpaired) electrons. The van der Waals surface area contributed by atoms with Gasteiger partial charge in [-0.1, -0.05) is 36.4 Å². The molecule has 2 amide bonds. The Labute approximate surface area is 180 Å². The molecule has 3 aromatic rings. The average molecular weight is 418 g/mol. The number of likely N-dealkylation sites (tertiary alicyclic amines) is 1. The molecule has 0 aromatic heterocycles. The van der Waals surface area contributed by atoms with E-state index in [2.05, 4.69) is 0 Å². The average Bonchev–Trinajstić information content (AvgIpc) is 2.82. The van der Waals surface area contributed by atoms with Gasteiger partial charge in [0, 0.05) is 24.7 Å². The Kier molecular flexibility index (Phi) is 5.06. The van der Waals surface area contributed by atoms with Gasteiger partial charge in [0.2, 0.25) is 5.91 Å². The summed E-state index contributed by atoms with van der Waals surface area (Å²) >= 11 is 0. The lowest BCUT2D eigenvalue weighted by atomic mass is 9.94. The fourth-order valence-corrected chi connectivity index (χ4v) is 4.59. The van der Waals surface area contributed by atoms with Crippen molar-refractivity contribution in [3.63, 3.8) is 0 Å². The molecule has 1 saturated heterocycles. The molecule has 158 valence electrons. The van der Waals surface area contributed by atoms with Gasteiger partial charge in [0.05, 0.1) is 18.2 Å². The number of carbonyl (C=O) groups excluding carboxylic acids is 2. The zero-order chi connectivity index (χ0) is 21.4. The van der Waals surface area contributed by atoms with Gasteiger partial charge in [-0.3, -0.25) is 9.59 Å². The van der Waals surface area contributed by atoms with Crippen molar-refractivity contribution in [2.75, 3.05) is 31.1 Å². The second-order valence-corrected chi connectivity index (χ2v) is 8.07. The second kappa shape index (κ2) is 8.02. The predicted molar refractivity (Wildman–Crippen MR) is 117 cm³/mol. The molecule has 1 fully saturated rings. The summed E-state index contributed by atoms with van der Waals surface area (Å²) in [5.41, 5.74) is 1.26. The number of rotatable bonds is 2. The Morgan fingerprint density at radius 2 is 1.84 bits per heavy atom. The van der Waals surface area contributed by atoms with Crippen LogP contribution in [0.25, 0.3) is 10.8 Å². The first-order chi connectivity index (χ1) is 15.1. The van der Waals surface area contributed by atoms with Gasteiger partial charge in [0.25, 0.3) is 5.91 Å². The predicted octanol–water partition coefficient (Wildman–Crippen LogP) is 4.26. The van der Waals surface area contributed by atoms with Crippen molar-refractivity contribution in [3.8, 4) is 5.75 Å². The van der Waals surface area contributed by atoms with Gasteiger partial charge in [-0.2, -0.15) is 0 Å². The molecule has 5 rings (SSSR count). The van der Waals surface area contributed by atoms with Crippen LogP contribution in [0.5, 0.6) is 5.75 Å². The number of hydrogen-bond donors (Lipinski definition) is 0. The summed E-state index contributed by atoms with van der Waals surface area (Å²) in [6.45, 7) is 1.77. The highest BCUT2D eigenvalue weighted by Gasteiger charge is 2.34. The number of piperidine rings is 1. The van der Waals surface area contributed by atoms with Gasteiger partial charge in [-0.15, -0.1) is 0 Å². The van der Waals surface area contributed by atoms with Crippen LogP contribution in [0.15, 0.2) is 60.7 Å². The third-order valence-corrected chi connectivity index (χ3v) is 6.13. The zero-order valence-electron chi connectivity index (χ0n) is 17.1. The first-order valence-corrected chi connectivity index (χ1v) is 10.6. The van der Waals surface area contributed by atoms with E-state index in [-0.39, 0.29) is 17.7 Å². The molecule has 3 aromatic carbocycles. The normalized spacial score (nSPS) is 18.4. The third-order valence-electron chi connectivity index (χ3n) is 6.13. The SMILES string of the molecule is O=C(c1cccc2ccccc12)N1CCCC(C(=O)N2CCOc3cc(F)ccc32)C1. The fourth-order valence-electron chi connectivity index (χ4n) is 4.59. The number of anilines is 1. The quantitative estimate of drug-likeness (QED) is 0.625. The smallest absolute Gasteiger partial charge is 0.254 e. The number of nitrogens with zero attached hydrogens (tertiary/aromatic N) is 2. The summed E-state index contributed by atoms with van der Waals surface area (Å²) in [7, 11) is 0. The molecule has 31 heavy (non-hydrogen) atoms. The fraction of sp³-hybridized carbons (Fsp3) is 0.280. The first kappa shape index (κ1) is 19.5. The van der Waals surface area contributed by atoms with Gasteiger partial charge in [0.15, 0.2) is 0 Å². The Hall–Kier alpha value is -3.41. The van der Waals surface area contributed by atoms with Crippen LogP contribution in [0.4, 0.5) is 10.1 Å². The highest BCUT2D eigenvalue weighted by atomic mass is 19.1.